The summed E-state index contributed by atoms with van der Waals surface area (Å²) in [6.07, 6.45) is 8.89. The second-order valence-corrected chi connectivity index (χ2v) is 14.5. The highest BCUT2D eigenvalue weighted by atomic mass is 31.1. The van der Waals surface area contributed by atoms with Crippen molar-refractivity contribution in [1.82, 2.24) is 0 Å². The third kappa shape index (κ3) is 5.01. The fourth-order valence-electron chi connectivity index (χ4n) is 10.1. The number of rotatable bonds is 8. The molecule has 1 aromatic rings. The first kappa shape index (κ1) is 28.6. The molecule has 0 bridgehead atoms. The maximum atomic E-state index is 13.1. The minimum Gasteiger partial charge on any atom is -0.426 e. The zero-order valence-corrected chi connectivity index (χ0v) is 24.6. The average Bonchev–Trinajstić information content (AvgIpc) is 3.24. The van der Waals surface area contributed by atoms with Gasteiger partial charge in [0.1, 0.15) is 11.6 Å². The molecule has 0 aliphatic heterocycles. The quantitative estimate of drug-likeness (QED) is 0.333. The molecule has 4 aliphatic carbocycles. The van der Waals surface area contributed by atoms with E-state index in [-0.39, 0.29) is 34.8 Å². The molecule has 0 saturated heterocycles. The van der Waals surface area contributed by atoms with E-state index in [0.717, 1.165) is 32.1 Å². The van der Waals surface area contributed by atoms with Crippen molar-refractivity contribution in [2.75, 3.05) is 6.61 Å². The molecule has 0 heterocycles. The average molecular weight is 551 g/mol. The molecule has 2 N–H and O–H groups in total. The van der Waals surface area contributed by atoms with Gasteiger partial charge in [-0.1, -0.05) is 34.1 Å². The lowest BCUT2D eigenvalue weighted by Gasteiger charge is -2.64. The summed E-state index contributed by atoms with van der Waals surface area (Å²) in [5.74, 6) is 3.11. The van der Waals surface area contributed by atoms with Crippen molar-refractivity contribution in [3.8, 4) is 5.75 Å². The second-order valence-electron chi connectivity index (χ2n) is 13.5. The van der Waals surface area contributed by atoms with Gasteiger partial charge in [0.05, 0.1) is 18.8 Å². The van der Waals surface area contributed by atoms with Crippen LogP contribution in [0, 0.1) is 58.1 Å². The number of hydrogen-bond acceptors (Lipinski definition) is 5. The predicted octanol–water partition coefficient (Wildman–Crippen LogP) is 7.26. The first-order chi connectivity index (χ1) is 18.1. The fraction of sp³-hybridized carbons (Fsp3) is 0.806. The number of benzene rings is 1. The van der Waals surface area contributed by atoms with Crippen LogP contribution in [0.25, 0.3) is 0 Å². The Morgan fingerprint density at radius 3 is 2.42 bits per heavy atom. The van der Waals surface area contributed by atoms with E-state index in [1.165, 1.54) is 49.9 Å². The summed E-state index contributed by atoms with van der Waals surface area (Å²) in [6, 6.07) is 5.48. The Morgan fingerprint density at radius 1 is 1.03 bits per heavy atom. The summed E-state index contributed by atoms with van der Waals surface area (Å²) < 4.78 is 36.3. The number of halogens is 1. The van der Waals surface area contributed by atoms with E-state index in [2.05, 4.69) is 27.7 Å². The molecule has 7 heteroatoms. The van der Waals surface area contributed by atoms with Crippen LogP contribution in [0.15, 0.2) is 24.3 Å². The largest absolute Gasteiger partial charge is 0.426 e. The molecule has 5 rings (SSSR count). The first-order valence-corrected chi connectivity index (χ1v) is 16.3. The monoisotopic (exact) mass is 550 g/mol. The van der Waals surface area contributed by atoms with Gasteiger partial charge < -0.3 is 19.3 Å². The summed E-state index contributed by atoms with van der Waals surface area (Å²) in [7, 11) is -2.69. The third-order valence-corrected chi connectivity index (χ3v) is 12.8. The van der Waals surface area contributed by atoms with Crippen molar-refractivity contribution in [2.24, 2.45) is 52.3 Å². The van der Waals surface area contributed by atoms with Crippen LogP contribution in [0.2, 0.25) is 0 Å². The van der Waals surface area contributed by atoms with Crippen molar-refractivity contribution in [1.29, 1.82) is 0 Å². The summed E-state index contributed by atoms with van der Waals surface area (Å²) >= 11 is 0. The van der Waals surface area contributed by atoms with Crippen LogP contribution in [0.5, 0.6) is 5.75 Å². The van der Waals surface area contributed by atoms with Crippen LogP contribution in [-0.2, 0) is 9.09 Å². The molecule has 5 nitrogen and oxygen atoms in total. The fourth-order valence-corrected chi connectivity index (χ4v) is 10.8. The Balaban J connectivity index is 1.23. The lowest BCUT2D eigenvalue weighted by Crippen LogP contribution is -2.62. The smallest absolute Gasteiger partial charge is 0.367 e. The molecule has 0 aromatic heterocycles. The summed E-state index contributed by atoms with van der Waals surface area (Å²) in [5.41, 5.74) is 0.423. The van der Waals surface area contributed by atoms with E-state index >= 15 is 0 Å². The molecule has 0 radical (unpaired) electrons. The van der Waals surface area contributed by atoms with Crippen molar-refractivity contribution in [2.45, 2.75) is 97.7 Å². The maximum Gasteiger partial charge on any atom is 0.367 e. The van der Waals surface area contributed by atoms with Gasteiger partial charge in [-0.3, -0.25) is 0 Å². The Kier molecular flexibility index (Phi) is 8.38. The second kappa shape index (κ2) is 11.1. The molecule has 0 amide bonds. The topological polar surface area (TPSA) is 76.0 Å². The van der Waals surface area contributed by atoms with Crippen LogP contribution >= 0.6 is 8.25 Å². The van der Waals surface area contributed by atoms with E-state index in [9.17, 15) is 19.2 Å². The van der Waals surface area contributed by atoms with Crippen LogP contribution in [0.3, 0.4) is 0 Å². The van der Waals surface area contributed by atoms with E-state index < -0.39 is 8.25 Å². The Bertz CT molecular complexity index is 989. The SMILES string of the molecule is CC[C@@H]1C2C[C@H](O)CC[C@]2(C)C2CC[C@@]3(C)C(CCC3[C@H](C)CCO[PH](=O)Oc3ccc(F)cc3)C2[C@@H]1O. The zero-order valence-electron chi connectivity index (χ0n) is 23.6. The van der Waals surface area contributed by atoms with Gasteiger partial charge in [-0.05, 0) is 128 Å². The van der Waals surface area contributed by atoms with Gasteiger partial charge in [0, 0.05) is 0 Å². The lowest BCUT2D eigenvalue weighted by atomic mass is 9.41. The van der Waals surface area contributed by atoms with E-state index in [1.807, 2.05) is 0 Å². The molecular weight excluding hydrogens is 502 g/mol. The van der Waals surface area contributed by atoms with Crippen LogP contribution < -0.4 is 4.52 Å². The molecule has 12 atom stereocenters. The Labute approximate surface area is 228 Å². The summed E-state index contributed by atoms with van der Waals surface area (Å²) in [5, 5.41) is 22.4. The Morgan fingerprint density at radius 2 is 1.71 bits per heavy atom. The lowest BCUT2D eigenvalue weighted by molar-refractivity contribution is -0.203. The molecule has 4 saturated carbocycles. The van der Waals surface area contributed by atoms with Crippen LogP contribution in [0.4, 0.5) is 4.39 Å². The molecule has 1 aromatic carbocycles. The highest BCUT2D eigenvalue weighted by Gasteiger charge is 2.64. The molecule has 214 valence electrons. The summed E-state index contributed by atoms with van der Waals surface area (Å²) in [6.45, 7) is 9.88. The van der Waals surface area contributed by atoms with Gasteiger partial charge in [0.2, 0.25) is 0 Å². The molecule has 6 unspecified atom stereocenters. The third-order valence-electron chi connectivity index (χ3n) is 12.0. The summed E-state index contributed by atoms with van der Waals surface area (Å²) in [4.78, 5) is 0. The van der Waals surface area contributed by atoms with Crippen molar-refractivity contribution < 1.29 is 28.2 Å². The minimum atomic E-state index is -2.69. The predicted molar refractivity (Wildman–Crippen MR) is 148 cm³/mol. The van der Waals surface area contributed by atoms with Gasteiger partial charge in [-0.15, -0.1) is 0 Å². The van der Waals surface area contributed by atoms with E-state index in [4.69, 9.17) is 9.05 Å². The van der Waals surface area contributed by atoms with E-state index in [1.54, 1.807) is 0 Å². The van der Waals surface area contributed by atoms with Gasteiger partial charge in [0.15, 0.2) is 0 Å². The molecule has 0 spiro atoms. The highest BCUT2D eigenvalue weighted by molar-refractivity contribution is 7.33. The van der Waals surface area contributed by atoms with Crippen LogP contribution in [-0.4, -0.2) is 29.0 Å². The minimum absolute atomic E-state index is 0.201. The highest BCUT2D eigenvalue weighted by Crippen LogP contribution is 2.69. The van der Waals surface area contributed by atoms with Gasteiger partial charge >= 0.3 is 8.25 Å². The molecular formula is C31H48FO5P. The number of hydrogen-bond donors (Lipinski definition) is 2. The number of aliphatic hydroxyl groups excluding tert-OH is 2. The van der Waals surface area contributed by atoms with E-state index in [0.29, 0.717) is 47.9 Å². The number of aliphatic hydroxyl groups is 2. The maximum absolute atomic E-state index is 13.1. The van der Waals surface area contributed by atoms with Crippen molar-refractivity contribution in [3.63, 3.8) is 0 Å². The van der Waals surface area contributed by atoms with Crippen molar-refractivity contribution >= 4 is 8.25 Å². The molecule has 4 aliphatic rings. The molecule has 4 fully saturated rings. The zero-order chi connectivity index (χ0) is 27.2. The Hall–Kier alpha value is -0.940. The number of fused-ring (bicyclic) bond motifs is 5. The van der Waals surface area contributed by atoms with Crippen molar-refractivity contribution in [3.05, 3.63) is 30.1 Å². The van der Waals surface area contributed by atoms with Crippen LogP contribution in [0.1, 0.15) is 85.5 Å². The first-order valence-electron chi connectivity index (χ1n) is 15.0. The molecule has 38 heavy (non-hydrogen) atoms. The van der Waals surface area contributed by atoms with Gasteiger partial charge in [0.25, 0.3) is 0 Å². The van der Waals surface area contributed by atoms with Gasteiger partial charge in [-0.25, -0.2) is 8.96 Å². The van der Waals surface area contributed by atoms with Gasteiger partial charge in [-0.2, -0.15) is 0 Å². The standard InChI is InChI=1S/C31H48FO5P/c1-5-23-27-18-21(33)12-15-31(27,4)26-13-16-30(3)24(10-11-25(30)28(26)29(23)34)19(2)14-17-36-38(35)37-22-8-6-20(32)7-9-22/h6-9,19,21,23-29,33-34,38H,5,10-18H2,1-4H3/t19-,21-,23-,24?,25?,26?,27?,28?,29-,30-,31-/m1/s1. The normalized spacial score (nSPS) is 44.0.